The highest BCUT2D eigenvalue weighted by molar-refractivity contribution is 7.98. The molecule has 98 valence electrons. The Hall–Kier alpha value is -1.50. The van der Waals surface area contributed by atoms with E-state index in [0.29, 0.717) is 19.5 Å². The van der Waals surface area contributed by atoms with Crippen molar-refractivity contribution in [1.82, 2.24) is 15.3 Å². The molecule has 0 radical (unpaired) electrons. The van der Waals surface area contributed by atoms with Crippen LogP contribution in [0.5, 0.6) is 0 Å². The van der Waals surface area contributed by atoms with Crippen molar-refractivity contribution >= 4 is 29.3 Å². The molecule has 0 saturated carbocycles. The zero-order valence-corrected chi connectivity index (χ0v) is 11.4. The summed E-state index contributed by atoms with van der Waals surface area (Å²) in [5, 5.41) is 6.62. The SMILES string of the molecule is CNc1cc(N2CCNC(=O)CC2)nc(SC)n1. The van der Waals surface area contributed by atoms with Crippen molar-refractivity contribution in [3.8, 4) is 0 Å². The second-order valence-corrected chi connectivity index (χ2v) is 4.71. The van der Waals surface area contributed by atoms with Crippen LogP contribution >= 0.6 is 11.8 Å². The van der Waals surface area contributed by atoms with E-state index >= 15 is 0 Å². The Labute approximate surface area is 111 Å². The molecule has 7 heteroatoms. The Bertz CT molecular complexity index is 417. The van der Waals surface area contributed by atoms with Crippen LogP contribution in [-0.4, -0.2) is 48.8 Å². The highest BCUT2D eigenvalue weighted by Gasteiger charge is 2.16. The zero-order chi connectivity index (χ0) is 13.0. The van der Waals surface area contributed by atoms with Gasteiger partial charge in [0.1, 0.15) is 11.6 Å². The maximum atomic E-state index is 11.3. The van der Waals surface area contributed by atoms with E-state index in [4.69, 9.17) is 0 Å². The first-order valence-corrected chi connectivity index (χ1v) is 7.08. The van der Waals surface area contributed by atoms with Gasteiger partial charge in [-0.25, -0.2) is 9.97 Å². The maximum absolute atomic E-state index is 11.3. The van der Waals surface area contributed by atoms with Crippen molar-refractivity contribution in [3.05, 3.63) is 6.07 Å². The highest BCUT2D eigenvalue weighted by atomic mass is 32.2. The van der Waals surface area contributed by atoms with Crippen LogP contribution < -0.4 is 15.5 Å². The van der Waals surface area contributed by atoms with Crippen LogP contribution in [0.15, 0.2) is 11.2 Å². The van der Waals surface area contributed by atoms with E-state index in [2.05, 4.69) is 25.5 Å². The summed E-state index contributed by atoms with van der Waals surface area (Å²) in [5.74, 6) is 1.77. The van der Waals surface area contributed by atoms with Crippen molar-refractivity contribution in [3.63, 3.8) is 0 Å². The normalized spacial score (nSPS) is 16.1. The summed E-state index contributed by atoms with van der Waals surface area (Å²) in [6.07, 6.45) is 2.46. The molecule has 0 aliphatic carbocycles. The Morgan fingerprint density at radius 1 is 1.44 bits per heavy atom. The van der Waals surface area contributed by atoms with Gasteiger partial charge in [-0.2, -0.15) is 0 Å². The first-order valence-electron chi connectivity index (χ1n) is 5.85. The third kappa shape index (κ3) is 3.04. The lowest BCUT2D eigenvalue weighted by molar-refractivity contribution is -0.120. The summed E-state index contributed by atoms with van der Waals surface area (Å²) < 4.78 is 0. The predicted molar refractivity (Wildman–Crippen MR) is 73.2 cm³/mol. The second-order valence-electron chi connectivity index (χ2n) is 3.94. The van der Waals surface area contributed by atoms with Gasteiger partial charge in [0, 0.05) is 39.2 Å². The van der Waals surface area contributed by atoms with Gasteiger partial charge in [-0.15, -0.1) is 0 Å². The fourth-order valence-electron chi connectivity index (χ4n) is 1.79. The molecule has 0 aromatic carbocycles. The van der Waals surface area contributed by atoms with E-state index in [0.717, 1.165) is 23.3 Å². The Kier molecular flexibility index (Phi) is 4.24. The molecule has 2 rings (SSSR count). The lowest BCUT2D eigenvalue weighted by atomic mass is 10.3. The van der Waals surface area contributed by atoms with Gasteiger partial charge < -0.3 is 15.5 Å². The molecule has 0 bridgehead atoms. The Balaban J connectivity index is 2.22. The molecule has 0 atom stereocenters. The van der Waals surface area contributed by atoms with Gasteiger partial charge in [0.25, 0.3) is 0 Å². The number of carbonyl (C=O) groups excluding carboxylic acids is 1. The third-order valence-electron chi connectivity index (χ3n) is 2.77. The molecule has 1 aliphatic heterocycles. The number of carbonyl (C=O) groups is 1. The lowest BCUT2D eigenvalue weighted by Crippen LogP contribution is -2.29. The summed E-state index contributed by atoms with van der Waals surface area (Å²) in [4.78, 5) is 22.3. The largest absolute Gasteiger partial charge is 0.373 e. The monoisotopic (exact) mass is 267 g/mol. The summed E-state index contributed by atoms with van der Waals surface area (Å²) >= 11 is 1.51. The number of hydrogen-bond acceptors (Lipinski definition) is 6. The van der Waals surface area contributed by atoms with Crippen LogP contribution in [0, 0.1) is 0 Å². The minimum atomic E-state index is 0.102. The fraction of sp³-hybridized carbons (Fsp3) is 0.545. The molecule has 2 N–H and O–H groups in total. The van der Waals surface area contributed by atoms with Gasteiger partial charge in [-0.05, 0) is 6.26 Å². The summed E-state index contributed by atoms with van der Waals surface area (Å²) in [7, 11) is 1.84. The standard InChI is InChI=1S/C11H17N5OS/c1-12-8-7-9(15-11(14-8)18-2)16-5-3-10(17)13-4-6-16/h7H,3-6H2,1-2H3,(H,13,17)(H,12,14,15). The molecule has 18 heavy (non-hydrogen) atoms. The number of anilines is 2. The second kappa shape index (κ2) is 5.90. The average molecular weight is 267 g/mol. The number of hydrogen-bond donors (Lipinski definition) is 2. The molecule has 2 heterocycles. The molecule has 1 aromatic heterocycles. The first kappa shape index (κ1) is 12.9. The van der Waals surface area contributed by atoms with E-state index < -0.39 is 0 Å². The summed E-state index contributed by atoms with van der Waals surface area (Å²) in [5.41, 5.74) is 0. The smallest absolute Gasteiger partial charge is 0.221 e. The molecule has 0 unspecified atom stereocenters. The molecule has 1 amide bonds. The molecule has 1 aromatic rings. The molecular formula is C11H17N5OS. The Morgan fingerprint density at radius 3 is 3.00 bits per heavy atom. The summed E-state index contributed by atoms with van der Waals surface area (Å²) in [6, 6.07) is 1.91. The van der Waals surface area contributed by atoms with Crippen molar-refractivity contribution in [2.75, 3.05) is 43.2 Å². The molecule has 1 saturated heterocycles. The highest BCUT2D eigenvalue weighted by Crippen LogP contribution is 2.20. The number of aromatic nitrogens is 2. The van der Waals surface area contributed by atoms with Gasteiger partial charge in [0.15, 0.2) is 5.16 Å². The zero-order valence-electron chi connectivity index (χ0n) is 10.6. The van der Waals surface area contributed by atoms with E-state index in [1.807, 2.05) is 19.4 Å². The van der Waals surface area contributed by atoms with Crippen molar-refractivity contribution in [2.24, 2.45) is 0 Å². The van der Waals surface area contributed by atoms with E-state index in [1.54, 1.807) is 0 Å². The van der Waals surface area contributed by atoms with Gasteiger partial charge in [0.05, 0.1) is 0 Å². The van der Waals surface area contributed by atoms with Crippen LogP contribution in [0.4, 0.5) is 11.6 Å². The molecule has 1 aliphatic rings. The number of amides is 1. The quantitative estimate of drug-likeness (QED) is 0.616. The number of nitrogens with zero attached hydrogens (tertiary/aromatic N) is 3. The molecule has 6 nitrogen and oxygen atoms in total. The number of rotatable bonds is 3. The van der Waals surface area contributed by atoms with Gasteiger partial charge >= 0.3 is 0 Å². The molecular weight excluding hydrogens is 250 g/mol. The van der Waals surface area contributed by atoms with Crippen molar-refractivity contribution in [2.45, 2.75) is 11.6 Å². The molecule has 1 fully saturated rings. The van der Waals surface area contributed by atoms with Crippen LogP contribution in [0.25, 0.3) is 0 Å². The minimum Gasteiger partial charge on any atom is -0.373 e. The average Bonchev–Trinajstić information content (AvgIpc) is 2.63. The maximum Gasteiger partial charge on any atom is 0.221 e. The summed E-state index contributed by atoms with van der Waals surface area (Å²) in [6.45, 7) is 2.13. The van der Waals surface area contributed by atoms with Gasteiger partial charge in [-0.3, -0.25) is 4.79 Å². The van der Waals surface area contributed by atoms with Crippen LogP contribution in [0.3, 0.4) is 0 Å². The topological polar surface area (TPSA) is 70.2 Å². The van der Waals surface area contributed by atoms with Gasteiger partial charge in [-0.1, -0.05) is 11.8 Å². The van der Waals surface area contributed by atoms with E-state index in [9.17, 15) is 4.79 Å². The number of nitrogens with one attached hydrogen (secondary N) is 2. The van der Waals surface area contributed by atoms with Crippen LogP contribution in [0.2, 0.25) is 0 Å². The van der Waals surface area contributed by atoms with E-state index in [-0.39, 0.29) is 5.91 Å². The van der Waals surface area contributed by atoms with Crippen molar-refractivity contribution in [1.29, 1.82) is 0 Å². The van der Waals surface area contributed by atoms with Gasteiger partial charge in [0.2, 0.25) is 5.91 Å². The fourth-order valence-corrected chi connectivity index (χ4v) is 2.16. The Morgan fingerprint density at radius 2 is 2.28 bits per heavy atom. The van der Waals surface area contributed by atoms with E-state index in [1.165, 1.54) is 11.8 Å². The predicted octanol–water partition coefficient (Wildman–Crippen LogP) is 0.566. The number of thioether (sulfide) groups is 1. The third-order valence-corrected chi connectivity index (χ3v) is 3.32. The molecule has 0 spiro atoms. The lowest BCUT2D eigenvalue weighted by Gasteiger charge is -2.21. The van der Waals surface area contributed by atoms with Crippen molar-refractivity contribution < 1.29 is 4.79 Å². The van der Waals surface area contributed by atoms with Crippen LogP contribution in [0.1, 0.15) is 6.42 Å². The van der Waals surface area contributed by atoms with Crippen LogP contribution in [-0.2, 0) is 4.79 Å². The minimum absolute atomic E-state index is 0.102. The first-order chi connectivity index (χ1) is 8.72.